The Morgan fingerprint density at radius 3 is 2.11 bits per heavy atom. The number of allylic oxidation sites excluding steroid dienone is 2. The zero-order valence-electron chi connectivity index (χ0n) is 28.1. The van der Waals surface area contributed by atoms with Crippen LogP contribution in [0.15, 0.2) is 23.8 Å². The van der Waals surface area contributed by atoms with Crippen LogP contribution in [0.2, 0.25) is 0 Å². The fourth-order valence-corrected chi connectivity index (χ4v) is 6.46. The van der Waals surface area contributed by atoms with Gasteiger partial charge in [-0.2, -0.15) is 0 Å². The molecule has 0 spiro atoms. The minimum absolute atomic E-state index is 0.180. The van der Waals surface area contributed by atoms with Crippen LogP contribution in [0.1, 0.15) is 162 Å². The molecule has 1 fully saturated rings. The van der Waals surface area contributed by atoms with E-state index >= 15 is 0 Å². The molecule has 0 saturated carbocycles. The van der Waals surface area contributed by atoms with Crippen molar-refractivity contribution < 1.29 is 34.7 Å². The number of carbonyl (C=O) groups excluding carboxylic acids is 1. The summed E-state index contributed by atoms with van der Waals surface area (Å²) in [6.07, 6.45) is 26.3. The van der Waals surface area contributed by atoms with Crippen LogP contribution in [0.5, 0.6) is 0 Å². The topological polar surface area (TPSA) is 116 Å². The third kappa shape index (κ3) is 17.4. The molecule has 0 aliphatic carbocycles. The van der Waals surface area contributed by atoms with Gasteiger partial charge in [-0.1, -0.05) is 96.1 Å². The second-order valence-corrected chi connectivity index (χ2v) is 13.5. The van der Waals surface area contributed by atoms with Gasteiger partial charge in [0.1, 0.15) is 6.10 Å². The Balaban J connectivity index is 1.42. The summed E-state index contributed by atoms with van der Waals surface area (Å²) in [5.41, 5.74) is 0.599. The van der Waals surface area contributed by atoms with Gasteiger partial charge in [0.2, 0.25) is 0 Å². The van der Waals surface area contributed by atoms with Crippen molar-refractivity contribution in [2.24, 2.45) is 0 Å². The first-order chi connectivity index (χ1) is 21.3. The highest BCUT2D eigenvalue weighted by molar-refractivity contribution is 5.90. The van der Waals surface area contributed by atoms with Crippen LogP contribution in [0.25, 0.3) is 0 Å². The molecule has 0 aromatic heterocycles. The van der Waals surface area contributed by atoms with E-state index in [2.05, 4.69) is 19.1 Å². The number of esters is 1. The zero-order chi connectivity index (χ0) is 32.0. The predicted molar refractivity (Wildman–Crippen MR) is 177 cm³/mol. The first-order valence-electron chi connectivity index (χ1n) is 18.2. The molecule has 0 aromatic carbocycles. The molecule has 7 atom stereocenters. The lowest BCUT2D eigenvalue weighted by Crippen LogP contribution is -2.31. The quantitative estimate of drug-likeness (QED) is 0.0423. The van der Waals surface area contributed by atoms with Gasteiger partial charge in [0.05, 0.1) is 36.6 Å². The van der Waals surface area contributed by atoms with Gasteiger partial charge in [0.25, 0.3) is 0 Å². The molecule has 7 nitrogen and oxygen atoms in total. The molecule has 0 aromatic rings. The highest BCUT2D eigenvalue weighted by atomic mass is 16.5. The van der Waals surface area contributed by atoms with Gasteiger partial charge < -0.3 is 29.9 Å². The van der Waals surface area contributed by atoms with E-state index in [1.54, 1.807) is 6.08 Å². The molecule has 2 aliphatic rings. The molecule has 4 N–H and O–H groups in total. The standard InChI is InChI=1S/C37H66O7/c1-3-4-5-6-7-8-9-10-11-12-16-19-22-33(39)34(40)24-25-35(41)36-26-23-32(44-36)21-18-15-13-14-17-20-31(38)28-30-27-29(2)43-37(30)42/h12,16,27,29,31-36,38-41H,3-11,13-15,17-26,28H2,1-2H3/b16-12-/t29-,31-,32+,33-,34+,35-,36+/m0/s1. The summed E-state index contributed by atoms with van der Waals surface area (Å²) in [5.74, 6) is -0.296. The number of ether oxygens (including phenoxy) is 2. The largest absolute Gasteiger partial charge is 0.455 e. The van der Waals surface area contributed by atoms with Gasteiger partial charge in [-0.05, 0) is 77.2 Å². The Kier molecular flexibility index (Phi) is 21.2. The monoisotopic (exact) mass is 622 g/mol. The zero-order valence-corrected chi connectivity index (χ0v) is 28.1. The number of hydrogen-bond donors (Lipinski definition) is 4. The summed E-state index contributed by atoms with van der Waals surface area (Å²) in [7, 11) is 0. The minimum atomic E-state index is -0.816. The van der Waals surface area contributed by atoms with Crippen molar-refractivity contribution in [2.75, 3.05) is 0 Å². The van der Waals surface area contributed by atoms with Crippen molar-refractivity contribution in [3.63, 3.8) is 0 Å². The number of aliphatic hydroxyl groups is 4. The maximum absolute atomic E-state index is 11.7. The fourth-order valence-electron chi connectivity index (χ4n) is 6.46. The number of hydrogen-bond acceptors (Lipinski definition) is 7. The summed E-state index contributed by atoms with van der Waals surface area (Å²) in [6, 6.07) is 0. The maximum atomic E-state index is 11.7. The van der Waals surface area contributed by atoms with Crippen molar-refractivity contribution in [3.05, 3.63) is 23.8 Å². The summed E-state index contributed by atoms with van der Waals surface area (Å²) in [6.45, 7) is 4.08. The number of cyclic esters (lactones) is 1. The van der Waals surface area contributed by atoms with E-state index in [1.807, 2.05) is 6.92 Å². The van der Waals surface area contributed by atoms with Crippen LogP contribution in [0.3, 0.4) is 0 Å². The smallest absolute Gasteiger partial charge is 0.334 e. The number of aliphatic hydroxyl groups excluding tert-OH is 4. The van der Waals surface area contributed by atoms with Gasteiger partial charge in [0.15, 0.2) is 0 Å². The fraction of sp³-hybridized carbons (Fsp3) is 0.865. The first kappa shape index (κ1) is 38.9. The average Bonchev–Trinajstić information content (AvgIpc) is 3.60. The lowest BCUT2D eigenvalue weighted by molar-refractivity contribution is -0.139. The molecule has 2 rings (SSSR count). The van der Waals surface area contributed by atoms with Gasteiger partial charge in [-0.15, -0.1) is 0 Å². The van der Waals surface area contributed by atoms with E-state index in [4.69, 9.17) is 9.47 Å². The van der Waals surface area contributed by atoms with E-state index in [1.165, 1.54) is 51.4 Å². The van der Waals surface area contributed by atoms with E-state index in [-0.39, 0.29) is 24.3 Å². The Hall–Kier alpha value is -1.25. The third-order valence-corrected chi connectivity index (χ3v) is 9.30. The molecular weight excluding hydrogens is 556 g/mol. The van der Waals surface area contributed by atoms with E-state index in [0.29, 0.717) is 37.7 Å². The van der Waals surface area contributed by atoms with Crippen LogP contribution < -0.4 is 0 Å². The van der Waals surface area contributed by atoms with Crippen LogP contribution >= 0.6 is 0 Å². The molecule has 2 heterocycles. The van der Waals surface area contributed by atoms with E-state index in [0.717, 1.165) is 64.2 Å². The van der Waals surface area contributed by atoms with Crippen LogP contribution in [0.4, 0.5) is 0 Å². The Bertz CT molecular complexity index is 797. The Morgan fingerprint density at radius 2 is 1.41 bits per heavy atom. The summed E-state index contributed by atoms with van der Waals surface area (Å²) >= 11 is 0. The average molecular weight is 623 g/mol. The minimum Gasteiger partial charge on any atom is -0.455 e. The van der Waals surface area contributed by atoms with Gasteiger partial charge in [0, 0.05) is 12.0 Å². The molecule has 0 amide bonds. The maximum Gasteiger partial charge on any atom is 0.334 e. The first-order valence-corrected chi connectivity index (χ1v) is 18.2. The summed E-state index contributed by atoms with van der Waals surface area (Å²) in [5, 5.41) is 41.6. The van der Waals surface area contributed by atoms with Gasteiger partial charge in [-0.25, -0.2) is 4.79 Å². The van der Waals surface area contributed by atoms with Crippen molar-refractivity contribution >= 4 is 5.97 Å². The van der Waals surface area contributed by atoms with Crippen molar-refractivity contribution in [3.8, 4) is 0 Å². The molecule has 0 unspecified atom stereocenters. The highest BCUT2D eigenvalue weighted by Crippen LogP contribution is 2.28. The molecule has 0 bridgehead atoms. The number of rotatable bonds is 27. The number of unbranched alkanes of at least 4 members (excludes halogenated alkanes) is 12. The second-order valence-electron chi connectivity index (χ2n) is 13.5. The van der Waals surface area contributed by atoms with Crippen LogP contribution in [-0.2, 0) is 14.3 Å². The van der Waals surface area contributed by atoms with Crippen molar-refractivity contribution in [1.29, 1.82) is 0 Å². The molecule has 1 saturated heterocycles. The normalized spacial score (nSPS) is 23.2. The van der Waals surface area contributed by atoms with E-state index in [9.17, 15) is 25.2 Å². The summed E-state index contributed by atoms with van der Waals surface area (Å²) in [4.78, 5) is 11.7. The van der Waals surface area contributed by atoms with E-state index < -0.39 is 24.4 Å². The molecule has 2 aliphatic heterocycles. The van der Waals surface area contributed by atoms with Crippen LogP contribution in [0, 0.1) is 0 Å². The Morgan fingerprint density at radius 1 is 0.773 bits per heavy atom. The van der Waals surface area contributed by atoms with Crippen LogP contribution in [-0.4, -0.2) is 69.1 Å². The summed E-state index contributed by atoms with van der Waals surface area (Å²) < 4.78 is 11.2. The lowest BCUT2D eigenvalue weighted by Gasteiger charge is -2.22. The van der Waals surface area contributed by atoms with Gasteiger partial charge >= 0.3 is 5.97 Å². The molecule has 0 radical (unpaired) electrons. The highest BCUT2D eigenvalue weighted by Gasteiger charge is 2.31. The molecule has 256 valence electrons. The molecule has 44 heavy (non-hydrogen) atoms. The SMILES string of the molecule is CCCCCCCCCC/C=C\CC[C@H](O)[C@H](O)CC[C@H](O)[C@H]1CC[C@@H](CCCCCCC[C@H](O)CC2=C[C@H](C)OC2=O)O1. The predicted octanol–water partition coefficient (Wildman–Crippen LogP) is 7.62. The third-order valence-electron chi connectivity index (χ3n) is 9.30. The van der Waals surface area contributed by atoms with Gasteiger partial charge in [-0.3, -0.25) is 0 Å². The van der Waals surface area contributed by atoms with Crippen molar-refractivity contribution in [1.82, 2.24) is 0 Å². The second kappa shape index (κ2) is 24.0. The molecular formula is C37H66O7. The number of carbonyl (C=O) groups is 1. The lowest BCUT2D eigenvalue weighted by atomic mass is 9.98. The van der Waals surface area contributed by atoms with Crippen molar-refractivity contribution in [2.45, 2.75) is 204 Å². The molecule has 7 heteroatoms. The Labute approximate surface area is 268 Å².